The topological polar surface area (TPSA) is 50.4 Å². The minimum absolute atomic E-state index is 0.315. The molecule has 0 saturated carbocycles. The largest absolute Gasteiger partial charge is 0.573 e. The Morgan fingerprint density at radius 1 is 1.08 bits per heavy atom. The van der Waals surface area contributed by atoms with Crippen LogP contribution in [0.15, 0.2) is 42.5 Å². The molecule has 4 nitrogen and oxygen atoms in total. The van der Waals surface area contributed by atoms with Crippen LogP contribution in [-0.2, 0) is 4.79 Å². The molecule has 1 atom stereocenters. The molecular formula is C17H16F4N2O2. The number of halogens is 4. The van der Waals surface area contributed by atoms with Gasteiger partial charge in [-0.25, -0.2) is 4.39 Å². The van der Waals surface area contributed by atoms with Crippen molar-refractivity contribution in [2.75, 3.05) is 10.6 Å². The van der Waals surface area contributed by atoms with E-state index >= 15 is 0 Å². The lowest BCUT2D eigenvalue weighted by Crippen LogP contribution is -2.31. The van der Waals surface area contributed by atoms with Crippen molar-refractivity contribution in [3.05, 3.63) is 53.8 Å². The maximum absolute atomic E-state index is 13.5. The monoisotopic (exact) mass is 356 g/mol. The van der Waals surface area contributed by atoms with Crippen molar-refractivity contribution in [3.8, 4) is 5.75 Å². The molecule has 0 bridgehead atoms. The van der Waals surface area contributed by atoms with E-state index in [0.29, 0.717) is 16.9 Å². The molecule has 8 heteroatoms. The molecule has 1 unspecified atom stereocenters. The smallest absolute Gasteiger partial charge is 0.406 e. The number of hydrogen-bond acceptors (Lipinski definition) is 3. The molecule has 0 saturated heterocycles. The normalized spacial score (nSPS) is 12.4. The van der Waals surface area contributed by atoms with Crippen LogP contribution in [0.1, 0.15) is 12.5 Å². The summed E-state index contributed by atoms with van der Waals surface area (Å²) in [5.74, 6) is -1.21. The van der Waals surface area contributed by atoms with Crippen molar-refractivity contribution in [2.45, 2.75) is 26.3 Å². The predicted molar refractivity (Wildman–Crippen MR) is 86.0 cm³/mol. The molecular weight excluding hydrogens is 340 g/mol. The molecule has 0 spiro atoms. The zero-order valence-corrected chi connectivity index (χ0v) is 13.4. The summed E-state index contributed by atoms with van der Waals surface area (Å²) in [4.78, 5) is 12.1. The van der Waals surface area contributed by atoms with E-state index in [1.54, 1.807) is 26.0 Å². The number of nitrogens with one attached hydrogen (secondary N) is 2. The second kappa shape index (κ2) is 7.42. The number of ether oxygens (including phenoxy) is 1. The Balaban J connectivity index is 1.95. The van der Waals surface area contributed by atoms with E-state index in [0.717, 1.165) is 12.1 Å². The summed E-state index contributed by atoms with van der Waals surface area (Å²) in [6.07, 6.45) is -4.76. The molecule has 134 valence electrons. The lowest BCUT2D eigenvalue weighted by atomic mass is 10.2. The van der Waals surface area contributed by atoms with Gasteiger partial charge in [-0.2, -0.15) is 0 Å². The minimum Gasteiger partial charge on any atom is -0.406 e. The van der Waals surface area contributed by atoms with Gasteiger partial charge in [0, 0.05) is 11.4 Å². The first kappa shape index (κ1) is 18.6. The number of carbonyl (C=O) groups is 1. The van der Waals surface area contributed by atoms with Crippen molar-refractivity contribution in [2.24, 2.45) is 0 Å². The summed E-state index contributed by atoms with van der Waals surface area (Å²) in [5, 5.41) is 5.39. The molecule has 2 N–H and O–H groups in total. The van der Waals surface area contributed by atoms with Crippen LogP contribution >= 0.6 is 0 Å². The predicted octanol–water partition coefficient (Wildman–Crippen LogP) is 4.47. The van der Waals surface area contributed by atoms with Crippen molar-refractivity contribution in [3.63, 3.8) is 0 Å². The van der Waals surface area contributed by atoms with Crippen LogP contribution in [0.25, 0.3) is 0 Å². The van der Waals surface area contributed by atoms with Gasteiger partial charge in [0.25, 0.3) is 0 Å². The van der Waals surface area contributed by atoms with E-state index < -0.39 is 24.1 Å². The Labute approximate surface area is 141 Å². The van der Waals surface area contributed by atoms with E-state index in [4.69, 9.17) is 0 Å². The number of anilines is 2. The highest BCUT2D eigenvalue weighted by atomic mass is 19.4. The standard InChI is InChI=1S/C17H16F4N2O2/c1-10-3-4-13(9-15(10)18)23-16(24)11(2)22-12-5-7-14(8-6-12)25-17(19,20)21/h3-9,11,22H,1-2H3,(H,23,24). The van der Waals surface area contributed by atoms with Gasteiger partial charge in [0.15, 0.2) is 0 Å². The first-order valence-corrected chi connectivity index (χ1v) is 7.33. The highest BCUT2D eigenvalue weighted by Gasteiger charge is 2.31. The van der Waals surface area contributed by atoms with Gasteiger partial charge in [-0.3, -0.25) is 4.79 Å². The Bertz CT molecular complexity index is 745. The molecule has 0 fully saturated rings. The van der Waals surface area contributed by atoms with E-state index in [2.05, 4.69) is 15.4 Å². The first-order valence-electron chi connectivity index (χ1n) is 7.33. The molecule has 0 radical (unpaired) electrons. The van der Waals surface area contributed by atoms with Gasteiger partial charge in [-0.15, -0.1) is 13.2 Å². The molecule has 0 aromatic heterocycles. The van der Waals surface area contributed by atoms with Gasteiger partial charge >= 0.3 is 6.36 Å². The summed E-state index contributed by atoms with van der Waals surface area (Å²) in [6.45, 7) is 3.18. The summed E-state index contributed by atoms with van der Waals surface area (Å²) < 4.78 is 53.5. The number of amides is 1. The fourth-order valence-corrected chi connectivity index (χ4v) is 1.99. The fourth-order valence-electron chi connectivity index (χ4n) is 1.99. The average molecular weight is 356 g/mol. The molecule has 1 amide bonds. The summed E-state index contributed by atoms with van der Waals surface area (Å²) >= 11 is 0. The molecule has 0 heterocycles. The molecule has 0 aliphatic rings. The molecule has 2 aromatic carbocycles. The van der Waals surface area contributed by atoms with Crippen molar-refractivity contribution < 1.29 is 27.1 Å². The second-order valence-electron chi connectivity index (χ2n) is 5.39. The van der Waals surface area contributed by atoms with Gasteiger partial charge in [-0.05, 0) is 55.8 Å². The molecule has 0 aliphatic carbocycles. The summed E-state index contributed by atoms with van der Waals surface area (Å²) in [6, 6.07) is 8.62. The number of hydrogen-bond donors (Lipinski definition) is 2. The first-order chi connectivity index (χ1) is 11.6. The van der Waals surface area contributed by atoms with Crippen LogP contribution in [0, 0.1) is 12.7 Å². The van der Waals surface area contributed by atoms with E-state index in [-0.39, 0.29) is 5.75 Å². The van der Waals surface area contributed by atoms with E-state index in [1.165, 1.54) is 18.2 Å². The second-order valence-corrected chi connectivity index (χ2v) is 5.39. The van der Waals surface area contributed by atoms with Crippen LogP contribution in [0.3, 0.4) is 0 Å². The van der Waals surface area contributed by atoms with Crippen LogP contribution in [0.5, 0.6) is 5.75 Å². The van der Waals surface area contributed by atoms with Gasteiger partial charge in [0.05, 0.1) is 0 Å². The lowest BCUT2D eigenvalue weighted by Gasteiger charge is -2.16. The Morgan fingerprint density at radius 2 is 1.68 bits per heavy atom. The number of carbonyl (C=O) groups excluding carboxylic acids is 1. The maximum Gasteiger partial charge on any atom is 0.573 e. The highest BCUT2D eigenvalue weighted by Crippen LogP contribution is 2.24. The van der Waals surface area contributed by atoms with Crippen molar-refractivity contribution in [1.29, 1.82) is 0 Å². The summed E-state index contributed by atoms with van der Waals surface area (Å²) in [7, 11) is 0. The highest BCUT2D eigenvalue weighted by molar-refractivity contribution is 5.96. The van der Waals surface area contributed by atoms with Crippen LogP contribution in [0.4, 0.5) is 28.9 Å². The SMILES string of the molecule is Cc1ccc(NC(=O)C(C)Nc2ccc(OC(F)(F)F)cc2)cc1F. The van der Waals surface area contributed by atoms with E-state index in [1.807, 2.05) is 0 Å². The Morgan fingerprint density at radius 3 is 2.24 bits per heavy atom. The van der Waals surface area contributed by atoms with Crippen LogP contribution in [0.2, 0.25) is 0 Å². The quantitative estimate of drug-likeness (QED) is 0.777. The third kappa shape index (κ3) is 5.66. The van der Waals surface area contributed by atoms with Gasteiger partial charge in [0.1, 0.15) is 17.6 Å². The average Bonchev–Trinajstić information content (AvgIpc) is 2.51. The molecule has 2 aromatic rings. The number of benzene rings is 2. The van der Waals surface area contributed by atoms with Gasteiger partial charge < -0.3 is 15.4 Å². The Kier molecular flexibility index (Phi) is 5.51. The molecule has 25 heavy (non-hydrogen) atoms. The zero-order valence-electron chi connectivity index (χ0n) is 13.4. The van der Waals surface area contributed by atoms with Gasteiger partial charge in [0.2, 0.25) is 5.91 Å². The third-order valence-electron chi connectivity index (χ3n) is 3.30. The van der Waals surface area contributed by atoms with E-state index in [9.17, 15) is 22.4 Å². The molecule has 2 rings (SSSR count). The number of aryl methyl sites for hydroxylation is 1. The van der Waals surface area contributed by atoms with Crippen molar-refractivity contribution >= 4 is 17.3 Å². The van der Waals surface area contributed by atoms with Gasteiger partial charge in [-0.1, -0.05) is 6.07 Å². The summed E-state index contributed by atoms with van der Waals surface area (Å²) in [5.41, 5.74) is 1.22. The number of alkyl halides is 3. The Hall–Kier alpha value is -2.77. The maximum atomic E-state index is 13.5. The van der Waals surface area contributed by atoms with Crippen molar-refractivity contribution in [1.82, 2.24) is 0 Å². The zero-order chi connectivity index (χ0) is 18.6. The third-order valence-corrected chi connectivity index (χ3v) is 3.30. The fraction of sp³-hybridized carbons (Fsp3) is 0.235. The van der Waals surface area contributed by atoms with Crippen LogP contribution < -0.4 is 15.4 Å². The lowest BCUT2D eigenvalue weighted by molar-refractivity contribution is -0.274. The minimum atomic E-state index is -4.76. The van der Waals surface area contributed by atoms with Crippen LogP contribution in [-0.4, -0.2) is 18.3 Å². The number of rotatable bonds is 5. The molecule has 0 aliphatic heterocycles.